The summed E-state index contributed by atoms with van der Waals surface area (Å²) in [4.78, 5) is 12.2. The van der Waals surface area contributed by atoms with Gasteiger partial charge in [0.2, 0.25) is 0 Å². The van der Waals surface area contributed by atoms with Gasteiger partial charge in [0.15, 0.2) is 12.4 Å². The first kappa shape index (κ1) is 46.0. The number of unbranched alkanes of at least 4 members (excludes halogenated alkanes) is 26. The largest absolute Gasteiger partial charge is 0.467 e. The Hall–Kier alpha value is -1.03. The van der Waals surface area contributed by atoms with Crippen molar-refractivity contribution in [3.8, 4) is 0 Å². The molecular weight excluding hydrogens is 620 g/mol. The molecule has 4 N–H and O–H groups in total. The zero-order valence-corrected chi connectivity index (χ0v) is 31.8. The Morgan fingerprint density at radius 1 is 0.592 bits per heavy atom. The minimum absolute atomic E-state index is 0.370. The summed E-state index contributed by atoms with van der Waals surface area (Å²) in [5.74, 6) is -0.595. The Kier molecular flexibility index (Phi) is 30.8. The van der Waals surface area contributed by atoms with Crippen LogP contribution in [0.2, 0.25) is 0 Å². The van der Waals surface area contributed by atoms with Crippen LogP contribution in [0.5, 0.6) is 0 Å². The summed E-state index contributed by atoms with van der Waals surface area (Å²) in [5.41, 5.74) is 0. The fourth-order valence-corrected chi connectivity index (χ4v) is 6.77. The van der Waals surface area contributed by atoms with Crippen molar-refractivity contribution < 1.29 is 39.4 Å². The zero-order chi connectivity index (χ0) is 35.8. The van der Waals surface area contributed by atoms with E-state index in [0.717, 1.165) is 19.3 Å². The number of allylic oxidation sites excluding steroid dienone is 2. The Bertz CT molecular complexity index is 760. The van der Waals surface area contributed by atoms with E-state index in [2.05, 4.69) is 19.1 Å². The number of aliphatic hydroxyl groups excluding tert-OH is 4. The smallest absolute Gasteiger partial charge is 0.335 e. The molecule has 0 aromatic heterocycles. The van der Waals surface area contributed by atoms with E-state index in [1.807, 2.05) is 0 Å². The molecule has 0 unspecified atom stereocenters. The first-order valence-electron chi connectivity index (χ1n) is 20.6. The standard InChI is InChI=1S/C41H78O8/c1-3-4-5-6-7-8-9-10-11-12-13-14-15-16-17-18-19-20-21-22-23-24-25-26-27-28-29-30-31-32-33-35(40(46)47-2)48-41-39(45)38(44)37(43)36(34-42)49-41/h28-29,35-39,41-45H,3-27,30-34H2,1-2H3/b29-28+/t35-,36+,37-,38-,39+,41+/m0/s1. The Morgan fingerprint density at radius 2 is 0.980 bits per heavy atom. The molecule has 8 heteroatoms. The van der Waals surface area contributed by atoms with Crippen LogP contribution < -0.4 is 0 Å². The third-order valence-corrected chi connectivity index (χ3v) is 10.1. The highest BCUT2D eigenvalue weighted by Crippen LogP contribution is 2.24. The molecule has 0 bridgehead atoms. The minimum atomic E-state index is -1.55. The van der Waals surface area contributed by atoms with E-state index in [4.69, 9.17) is 14.2 Å². The first-order chi connectivity index (χ1) is 24.0. The summed E-state index contributed by atoms with van der Waals surface area (Å²) in [5, 5.41) is 39.5. The van der Waals surface area contributed by atoms with Crippen molar-refractivity contribution in [3.63, 3.8) is 0 Å². The second-order valence-corrected chi connectivity index (χ2v) is 14.5. The molecule has 1 heterocycles. The van der Waals surface area contributed by atoms with Gasteiger partial charge in [-0.05, 0) is 38.5 Å². The van der Waals surface area contributed by atoms with Crippen LogP contribution in [0.25, 0.3) is 0 Å². The molecule has 0 radical (unpaired) electrons. The maximum Gasteiger partial charge on any atom is 0.335 e. The molecule has 49 heavy (non-hydrogen) atoms. The van der Waals surface area contributed by atoms with Crippen LogP contribution in [-0.4, -0.2) is 76.9 Å². The van der Waals surface area contributed by atoms with Crippen molar-refractivity contribution >= 4 is 5.97 Å². The molecule has 6 atom stereocenters. The molecule has 290 valence electrons. The van der Waals surface area contributed by atoms with Crippen molar-refractivity contribution in [2.45, 2.75) is 230 Å². The van der Waals surface area contributed by atoms with Crippen LogP contribution in [0.1, 0.15) is 193 Å². The van der Waals surface area contributed by atoms with Crippen molar-refractivity contribution in [2.24, 2.45) is 0 Å². The van der Waals surface area contributed by atoms with E-state index < -0.39 is 49.4 Å². The van der Waals surface area contributed by atoms with Crippen LogP contribution >= 0.6 is 0 Å². The summed E-state index contributed by atoms with van der Waals surface area (Å²) in [7, 11) is 1.26. The molecule has 1 saturated heterocycles. The average Bonchev–Trinajstić information content (AvgIpc) is 3.11. The van der Waals surface area contributed by atoms with Gasteiger partial charge in [-0.25, -0.2) is 4.79 Å². The quantitative estimate of drug-likeness (QED) is 0.0298. The highest BCUT2D eigenvalue weighted by Gasteiger charge is 2.45. The predicted molar refractivity (Wildman–Crippen MR) is 199 cm³/mol. The lowest BCUT2D eigenvalue weighted by atomic mass is 9.99. The summed E-state index contributed by atoms with van der Waals surface area (Å²) in [6.45, 7) is 1.73. The van der Waals surface area contributed by atoms with Gasteiger partial charge in [0.25, 0.3) is 0 Å². The van der Waals surface area contributed by atoms with Crippen molar-refractivity contribution in [1.82, 2.24) is 0 Å². The molecule has 0 aliphatic carbocycles. The van der Waals surface area contributed by atoms with Crippen LogP contribution in [0.3, 0.4) is 0 Å². The highest BCUT2D eigenvalue weighted by molar-refractivity contribution is 5.74. The Balaban J connectivity index is 1.88. The number of esters is 1. The fraction of sp³-hybridized carbons (Fsp3) is 0.927. The molecule has 0 aromatic rings. The van der Waals surface area contributed by atoms with Gasteiger partial charge in [0.05, 0.1) is 13.7 Å². The molecule has 0 saturated carbocycles. The highest BCUT2D eigenvalue weighted by atomic mass is 16.7. The van der Waals surface area contributed by atoms with E-state index in [9.17, 15) is 25.2 Å². The molecule has 1 fully saturated rings. The first-order valence-corrected chi connectivity index (χ1v) is 20.6. The summed E-state index contributed by atoms with van der Waals surface area (Å²) >= 11 is 0. The monoisotopic (exact) mass is 699 g/mol. The van der Waals surface area contributed by atoms with Crippen molar-refractivity contribution in [1.29, 1.82) is 0 Å². The number of hydrogen-bond acceptors (Lipinski definition) is 8. The van der Waals surface area contributed by atoms with E-state index in [0.29, 0.717) is 12.8 Å². The molecule has 0 spiro atoms. The lowest BCUT2D eigenvalue weighted by Crippen LogP contribution is -2.60. The topological polar surface area (TPSA) is 126 Å². The third-order valence-electron chi connectivity index (χ3n) is 10.1. The average molecular weight is 699 g/mol. The fourth-order valence-electron chi connectivity index (χ4n) is 6.77. The molecule has 1 aliphatic rings. The minimum Gasteiger partial charge on any atom is -0.467 e. The Morgan fingerprint density at radius 3 is 1.37 bits per heavy atom. The molecule has 0 aromatic carbocycles. The molecule has 0 amide bonds. The van der Waals surface area contributed by atoms with Crippen LogP contribution in [0.4, 0.5) is 0 Å². The number of aliphatic hydroxyl groups is 4. The van der Waals surface area contributed by atoms with Crippen LogP contribution in [-0.2, 0) is 19.0 Å². The van der Waals surface area contributed by atoms with E-state index in [1.165, 1.54) is 161 Å². The summed E-state index contributed by atoms with van der Waals surface area (Å²) in [6.07, 6.45) is 34.2. The predicted octanol–water partition coefficient (Wildman–Crippen LogP) is 9.23. The van der Waals surface area contributed by atoms with E-state index >= 15 is 0 Å². The van der Waals surface area contributed by atoms with Gasteiger partial charge >= 0.3 is 5.97 Å². The zero-order valence-electron chi connectivity index (χ0n) is 31.8. The van der Waals surface area contributed by atoms with Gasteiger partial charge < -0.3 is 34.6 Å². The summed E-state index contributed by atoms with van der Waals surface area (Å²) in [6, 6.07) is 0. The molecular formula is C41H78O8. The number of carbonyl (C=O) groups is 1. The third kappa shape index (κ3) is 24.0. The maximum absolute atomic E-state index is 12.2. The number of methoxy groups -OCH3 is 1. The van der Waals surface area contributed by atoms with Gasteiger partial charge in [-0.1, -0.05) is 167 Å². The van der Waals surface area contributed by atoms with Crippen molar-refractivity contribution in [3.05, 3.63) is 12.2 Å². The van der Waals surface area contributed by atoms with E-state index in [-0.39, 0.29) is 0 Å². The molecule has 8 nitrogen and oxygen atoms in total. The van der Waals surface area contributed by atoms with Crippen LogP contribution in [0.15, 0.2) is 12.2 Å². The molecule has 1 rings (SSSR count). The van der Waals surface area contributed by atoms with Gasteiger partial charge in [-0.2, -0.15) is 0 Å². The Labute approximate surface area is 300 Å². The lowest BCUT2D eigenvalue weighted by Gasteiger charge is -2.40. The van der Waals surface area contributed by atoms with E-state index in [1.54, 1.807) is 0 Å². The maximum atomic E-state index is 12.2. The summed E-state index contributed by atoms with van der Waals surface area (Å²) < 4.78 is 15.8. The van der Waals surface area contributed by atoms with Gasteiger partial charge in [0, 0.05) is 0 Å². The SMILES string of the molecule is CCCCCCCCCCCCCCCCCCCCCCCCCC/C=C/CCCC[C@H](O[C@@H]1O[C@H](CO)[C@H](O)[C@H](O)[C@H]1O)C(=O)OC. The van der Waals surface area contributed by atoms with Crippen LogP contribution in [0, 0.1) is 0 Å². The number of rotatable bonds is 34. The lowest BCUT2D eigenvalue weighted by molar-refractivity contribution is -0.310. The number of hydrogen-bond donors (Lipinski definition) is 4. The molecule has 1 aliphatic heterocycles. The van der Waals surface area contributed by atoms with Gasteiger partial charge in [-0.3, -0.25) is 0 Å². The number of carbonyl (C=O) groups excluding carboxylic acids is 1. The van der Waals surface area contributed by atoms with Gasteiger partial charge in [-0.15, -0.1) is 0 Å². The van der Waals surface area contributed by atoms with Crippen molar-refractivity contribution in [2.75, 3.05) is 13.7 Å². The normalized spacial score (nSPS) is 21.8. The van der Waals surface area contributed by atoms with Gasteiger partial charge in [0.1, 0.15) is 24.4 Å². The number of ether oxygens (including phenoxy) is 3. The second-order valence-electron chi connectivity index (χ2n) is 14.5. The second kappa shape index (κ2) is 32.8.